The summed E-state index contributed by atoms with van der Waals surface area (Å²) in [5, 5.41) is 2.90. The number of amides is 2. The Labute approximate surface area is 152 Å². The van der Waals surface area contributed by atoms with Gasteiger partial charge in [-0.2, -0.15) is 0 Å². The lowest BCUT2D eigenvalue weighted by Crippen LogP contribution is -2.49. The maximum Gasteiger partial charge on any atom is 0.239 e. The Kier molecular flexibility index (Phi) is 5.60. The number of benzene rings is 1. The monoisotopic (exact) mass is 344 g/mol. The van der Waals surface area contributed by atoms with Crippen LogP contribution in [0.5, 0.6) is 0 Å². The molecule has 1 N–H and O–H groups in total. The van der Waals surface area contributed by atoms with Crippen LogP contribution in [-0.2, 0) is 15.0 Å². The molecule has 0 saturated carbocycles. The van der Waals surface area contributed by atoms with Crippen LogP contribution in [0.3, 0.4) is 0 Å². The van der Waals surface area contributed by atoms with E-state index in [0.29, 0.717) is 5.92 Å². The number of carbonyl (C=O) groups excluding carboxylic acids is 2. The Bertz CT molecular complexity index is 618. The van der Waals surface area contributed by atoms with Gasteiger partial charge in [-0.05, 0) is 55.7 Å². The number of likely N-dealkylation sites (tertiary alicyclic amines) is 1. The van der Waals surface area contributed by atoms with Gasteiger partial charge in [0.1, 0.15) is 5.41 Å². The number of piperidine rings is 1. The molecule has 4 nitrogen and oxygen atoms in total. The Hall–Kier alpha value is -1.84. The quantitative estimate of drug-likeness (QED) is 0.835. The van der Waals surface area contributed by atoms with Gasteiger partial charge in [0, 0.05) is 18.8 Å². The first-order valence-electron chi connectivity index (χ1n) is 9.23. The highest BCUT2D eigenvalue weighted by Crippen LogP contribution is 2.27. The first-order valence-corrected chi connectivity index (χ1v) is 9.23. The lowest BCUT2D eigenvalue weighted by atomic mass is 9.86. The summed E-state index contributed by atoms with van der Waals surface area (Å²) in [6.07, 6.45) is 2.02. The molecule has 4 heteroatoms. The molecule has 1 aromatic rings. The molecule has 138 valence electrons. The maximum absolute atomic E-state index is 12.8. The van der Waals surface area contributed by atoms with Crippen LogP contribution in [0, 0.1) is 11.3 Å². The predicted molar refractivity (Wildman–Crippen MR) is 103 cm³/mol. The van der Waals surface area contributed by atoms with Gasteiger partial charge in [-0.1, -0.05) is 39.8 Å². The van der Waals surface area contributed by atoms with Crippen LogP contribution in [0.1, 0.15) is 59.9 Å². The third-order valence-electron chi connectivity index (χ3n) is 5.18. The molecule has 2 amide bonds. The van der Waals surface area contributed by atoms with Crippen molar-refractivity contribution in [2.75, 3.05) is 18.4 Å². The number of hydrogen-bond donors (Lipinski definition) is 1. The zero-order valence-corrected chi connectivity index (χ0v) is 16.5. The molecule has 1 heterocycles. The van der Waals surface area contributed by atoms with Crippen molar-refractivity contribution in [2.24, 2.45) is 11.3 Å². The summed E-state index contributed by atoms with van der Waals surface area (Å²) in [7, 11) is 0. The number of nitrogens with zero attached hydrogens (tertiary/aromatic N) is 1. The summed E-state index contributed by atoms with van der Waals surface area (Å²) < 4.78 is 0. The summed E-state index contributed by atoms with van der Waals surface area (Å²) in [4.78, 5) is 27.4. The highest BCUT2D eigenvalue weighted by Gasteiger charge is 2.40. The molecule has 0 aliphatic carbocycles. The number of carbonyl (C=O) groups is 2. The van der Waals surface area contributed by atoms with Crippen molar-refractivity contribution in [3.63, 3.8) is 0 Å². The SMILES string of the molecule is CC1CCN(C(=O)C(C)(C)C(=O)Nc2ccc(C(C)(C)C)cc2)CC1. The van der Waals surface area contributed by atoms with Crippen LogP contribution < -0.4 is 5.32 Å². The van der Waals surface area contributed by atoms with Gasteiger partial charge >= 0.3 is 0 Å². The third kappa shape index (κ3) is 4.62. The zero-order valence-electron chi connectivity index (χ0n) is 16.5. The average Bonchev–Trinajstić information content (AvgIpc) is 2.54. The van der Waals surface area contributed by atoms with E-state index in [0.717, 1.165) is 31.6 Å². The van der Waals surface area contributed by atoms with Gasteiger partial charge in [-0.15, -0.1) is 0 Å². The van der Waals surface area contributed by atoms with E-state index >= 15 is 0 Å². The van der Waals surface area contributed by atoms with Crippen molar-refractivity contribution in [3.05, 3.63) is 29.8 Å². The van der Waals surface area contributed by atoms with Crippen LogP contribution in [0.2, 0.25) is 0 Å². The molecule has 0 radical (unpaired) electrons. The highest BCUT2D eigenvalue weighted by atomic mass is 16.2. The van der Waals surface area contributed by atoms with Crippen LogP contribution in [0.25, 0.3) is 0 Å². The molecule has 1 aliphatic rings. The minimum Gasteiger partial charge on any atom is -0.342 e. The van der Waals surface area contributed by atoms with Gasteiger partial charge in [-0.3, -0.25) is 9.59 Å². The van der Waals surface area contributed by atoms with Crippen molar-refractivity contribution < 1.29 is 9.59 Å². The van der Waals surface area contributed by atoms with Crippen molar-refractivity contribution in [2.45, 2.75) is 59.8 Å². The summed E-state index contributed by atoms with van der Waals surface area (Å²) in [5.74, 6) is 0.324. The van der Waals surface area contributed by atoms with Crippen LogP contribution in [-0.4, -0.2) is 29.8 Å². The van der Waals surface area contributed by atoms with Crippen molar-refractivity contribution in [3.8, 4) is 0 Å². The van der Waals surface area contributed by atoms with E-state index < -0.39 is 5.41 Å². The molecular formula is C21H32N2O2. The van der Waals surface area contributed by atoms with Crippen LogP contribution in [0.15, 0.2) is 24.3 Å². The minimum absolute atomic E-state index is 0.0726. The molecule has 1 aromatic carbocycles. The topological polar surface area (TPSA) is 49.4 Å². The molecule has 0 unspecified atom stereocenters. The number of rotatable bonds is 3. The summed E-state index contributed by atoms with van der Waals surface area (Å²) in [5.41, 5.74) is 0.946. The third-order valence-corrected chi connectivity index (χ3v) is 5.18. The Morgan fingerprint density at radius 1 is 1.00 bits per heavy atom. The summed E-state index contributed by atoms with van der Waals surface area (Å²) >= 11 is 0. The molecule has 0 atom stereocenters. The molecule has 2 rings (SSSR count). The van der Waals surface area contributed by atoms with E-state index in [9.17, 15) is 9.59 Å². The van der Waals surface area contributed by atoms with E-state index in [1.54, 1.807) is 13.8 Å². The van der Waals surface area contributed by atoms with Gasteiger partial charge < -0.3 is 10.2 Å². The van der Waals surface area contributed by atoms with Crippen LogP contribution in [0.4, 0.5) is 5.69 Å². The lowest BCUT2D eigenvalue weighted by Gasteiger charge is -2.35. The standard InChI is InChI=1S/C21H32N2O2/c1-15-11-13-23(14-12-15)19(25)21(5,6)18(24)22-17-9-7-16(8-10-17)20(2,3)4/h7-10,15H,11-14H2,1-6H3,(H,22,24). The second kappa shape index (κ2) is 7.19. The van der Waals surface area contributed by atoms with E-state index in [1.807, 2.05) is 29.2 Å². The van der Waals surface area contributed by atoms with Crippen LogP contribution >= 0.6 is 0 Å². The first kappa shape index (κ1) is 19.5. The molecule has 1 saturated heterocycles. The van der Waals surface area contributed by atoms with Gasteiger partial charge in [0.15, 0.2) is 0 Å². The Balaban J connectivity index is 2.04. The van der Waals surface area contributed by atoms with E-state index in [4.69, 9.17) is 0 Å². The van der Waals surface area contributed by atoms with E-state index in [2.05, 4.69) is 33.0 Å². The average molecular weight is 344 g/mol. The lowest BCUT2D eigenvalue weighted by molar-refractivity contribution is -0.147. The molecule has 25 heavy (non-hydrogen) atoms. The molecule has 0 spiro atoms. The number of nitrogens with one attached hydrogen (secondary N) is 1. The minimum atomic E-state index is -1.07. The fourth-order valence-electron chi connectivity index (χ4n) is 3.04. The zero-order chi connectivity index (χ0) is 18.8. The van der Waals surface area contributed by atoms with Gasteiger partial charge in [-0.25, -0.2) is 0 Å². The maximum atomic E-state index is 12.8. The van der Waals surface area contributed by atoms with E-state index in [-0.39, 0.29) is 17.2 Å². The smallest absolute Gasteiger partial charge is 0.239 e. The number of anilines is 1. The second-order valence-corrected chi connectivity index (χ2v) is 8.88. The fraction of sp³-hybridized carbons (Fsp3) is 0.619. The molecule has 1 aliphatic heterocycles. The van der Waals surface area contributed by atoms with E-state index in [1.165, 1.54) is 5.56 Å². The fourth-order valence-corrected chi connectivity index (χ4v) is 3.04. The molecule has 0 bridgehead atoms. The molecule has 0 aromatic heterocycles. The van der Waals surface area contributed by atoms with Crippen molar-refractivity contribution in [1.82, 2.24) is 4.90 Å². The number of hydrogen-bond acceptors (Lipinski definition) is 2. The van der Waals surface area contributed by atoms with Crippen molar-refractivity contribution in [1.29, 1.82) is 0 Å². The normalized spacial score (nSPS) is 16.6. The first-order chi connectivity index (χ1) is 11.5. The summed E-state index contributed by atoms with van der Waals surface area (Å²) in [6, 6.07) is 7.86. The highest BCUT2D eigenvalue weighted by molar-refractivity contribution is 6.09. The molecular weight excluding hydrogens is 312 g/mol. The van der Waals surface area contributed by atoms with Gasteiger partial charge in [0.2, 0.25) is 11.8 Å². The largest absolute Gasteiger partial charge is 0.342 e. The van der Waals surface area contributed by atoms with Crippen molar-refractivity contribution >= 4 is 17.5 Å². The Morgan fingerprint density at radius 2 is 1.52 bits per heavy atom. The second-order valence-electron chi connectivity index (χ2n) is 8.88. The van der Waals surface area contributed by atoms with Gasteiger partial charge in [0.25, 0.3) is 0 Å². The Morgan fingerprint density at radius 3 is 2.00 bits per heavy atom. The van der Waals surface area contributed by atoms with Gasteiger partial charge in [0.05, 0.1) is 0 Å². The molecule has 1 fully saturated rings. The predicted octanol–water partition coefficient (Wildman–Crippen LogP) is 4.21. The summed E-state index contributed by atoms with van der Waals surface area (Å²) in [6.45, 7) is 13.6.